The molecule has 146 valence electrons. The van der Waals surface area contributed by atoms with E-state index < -0.39 is 10.0 Å². The van der Waals surface area contributed by atoms with Gasteiger partial charge in [0.05, 0.1) is 12.3 Å². The standard InChI is InChI=1S/C20H28N4O2S/c1-4-16-8-7-11-19(12-16)23-20(21)22-13-17-9-5-6-10-18(17)14-27(25,26)24-15(2)3/h5-12,15,24H,4,13-14H2,1-3H3,(H3,21,22,23). The number of anilines is 1. The van der Waals surface area contributed by atoms with Crippen LogP contribution in [0.5, 0.6) is 0 Å². The summed E-state index contributed by atoms with van der Waals surface area (Å²) in [6.45, 7) is 6.00. The normalized spacial score (nSPS) is 12.4. The lowest BCUT2D eigenvalue weighted by molar-refractivity contribution is 0.569. The number of guanidine groups is 1. The van der Waals surface area contributed by atoms with Gasteiger partial charge in [-0.1, -0.05) is 43.3 Å². The average molecular weight is 389 g/mol. The number of hydrogen-bond donors (Lipinski definition) is 3. The zero-order valence-corrected chi connectivity index (χ0v) is 16.9. The van der Waals surface area contributed by atoms with Crippen LogP contribution >= 0.6 is 0 Å². The second-order valence-corrected chi connectivity index (χ2v) is 8.43. The molecule has 0 atom stereocenters. The first-order valence-electron chi connectivity index (χ1n) is 9.01. The van der Waals surface area contributed by atoms with Crippen LogP contribution in [0.3, 0.4) is 0 Å². The summed E-state index contributed by atoms with van der Waals surface area (Å²) in [7, 11) is -3.40. The van der Waals surface area contributed by atoms with E-state index in [1.165, 1.54) is 5.56 Å². The summed E-state index contributed by atoms with van der Waals surface area (Å²) in [5.41, 5.74) is 9.64. The maximum absolute atomic E-state index is 12.2. The topological polar surface area (TPSA) is 96.6 Å². The molecule has 0 saturated carbocycles. The van der Waals surface area contributed by atoms with E-state index in [1.807, 2.05) is 36.4 Å². The van der Waals surface area contributed by atoms with Crippen LogP contribution in [0.4, 0.5) is 5.69 Å². The zero-order valence-electron chi connectivity index (χ0n) is 16.1. The van der Waals surface area contributed by atoms with Gasteiger partial charge in [0.2, 0.25) is 10.0 Å². The smallest absolute Gasteiger partial charge is 0.216 e. The quantitative estimate of drug-likeness (QED) is 0.478. The molecule has 7 heteroatoms. The number of aliphatic imine (C=N–C) groups is 1. The van der Waals surface area contributed by atoms with Crippen LogP contribution in [0.15, 0.2) is 53.5 Å². The highest BCUT2D eigenvalue weighted by molar-refractivity contribution is 7.88. The van der Waals surface area contributed by atoms with Gasteiger partial charge in [0.15, 0.2) is 5.96 Å². The van der Waals surface area contributed by atoms with Gasteiger partial charge in [0.25, 0.3) is 0 Å². The van der Waals surface area contributed by atoms with Crippen molar-refractivity contribution in [2.24, 2.45) is 10.7 Å². The third-order valence-electron chi connectivity index (χ3n) is 3.91. The van der Waals surface area contributed by atoms with Crippen molar-refractivity contribution in [1.29, 1.82) is 0 Å². The fourth-order valence-corrected chi connectivity index (χ4v) is 4.18. The summed E-state index contributed by atoms with van der Waals surface area (Å²) in [5.74, 6) is 0.212. The number of hydrogen-bond acceptors (Lipinski definition) is 3. The van der Waals surface area contributed by atoms with Crippen LogP contribution in [-0.4, -0.2) is 20.4 Å². The number of nitrogens with zero attached hydrogens (tertiary/aromatic N) is 1. The van der Waals surface area contributed by atoms with Gasteiger partial charge in [0.1, 0.15) is 0 Å². The number of nitrogens with two attached hydrogens (primary N) is 1. The molecule has 0 spiro atoms. The molecule has 2 aromatic rings. The minimum atomic E-state index is -3.40. The lowest BCUT2D eigenvalue weighted by Crippen LogP contribution is -2.31. The number of nitrogens with one attached hydrogen (secondary N) is 2. The Balaban J connectivity index is 2.09. The van der Waals surface area contributed by atoms with Crippen LogP contribution in [-0.2, 0) is 28.7 Å². The number of aryl methyl sites for hydroxylation is 1. The molecule has 27 heavy (non-hydrogen) atoms. The van der Waals surface area contributed by atoms with Gasteiger partial charge < -0.3 is 11.1 Å². The van der Waals surface area contributed by atoms with Crippen molar-refractivity contribution >= 4 is 21.7 Å². The lowest BCUT2D eigenvalue weighted by atomic mass is 10.1. The summed E-state index contributed by atoms with van der Waals surface area (Å²) in [6.07, 6.45) is 0.943. The maximum Gasteiger partial charge on any atom is 0.216 e. The second kappa shape index (κ2) is 9.53. The Labute approximate surface area is 162 Å². The molecule has 0 aliphatic carbocycles. The maximum atomic E-state index is 12.2. The summed E-state index contributed by atoms with van der Waals surface area (Å²) in [6, 6.07) is 15.2. The second-order valence-electron chi connectivity index (χ2n) is 6.68. The van der Waals surface area contributed by atoms with Crippen molar-refractivity contribution in [1.82, 2.24) is 4.72 Å². The first kappa shape index (κ1) is 20.9. The molecule has 2 rings (SSSR count). The Morgan fingerprint density at radius 1 is 1.11 bits per heavy atom. The first-order chi connectivity index (χ1) is 12.8. The van der Waals surface area contributed by atoms with Crippen molar-refractivity contribution in [3.63, 3.8) is 0 Å². The van der Waals surface area contributed by atoms with E-state index in [1.54, 1.807) is 19.9 Å². The van der Waals surface area contributed by atoms with Crippen molar-refractivity contribution in [3.05, 3.63) is 65.2 Å². The van der Waals surface area contributed by atoms with Gasteiger partial charge >= 0.3 is 0 Å². The van der Waals surface area contributed by atoms with Gasteiger partial charge in [-0.2, -0.15) is 0 Å². The molecule has 0 aromatic heterocycles. The highest BCUT2D eigenvalue weighted by Gasteiger charge is 2.15. The van der Waals surface area contributed by atoms with E-state index in [0.717, 1.165) is 23.2 Å². The predicted octanol–water partition coefficient (Wildman–Crippen LogP) is 3.00. The molecule has 0 bridgehead atoms. The molecule has 6 nitrogen and oxygen atoms in total. The Bertz CT molecular complexity index is 892. The van der Waals surface area contributed by atoms with Gasteiger partial charge in [0, 0.05) is 11.7 Å². The van der Waals surface area contributed by atoms with Crippen LogP contribution in [0.1, 0.15) is 37.5 Å². The number of rotatable bonds is 8. The lowest BCUT2D eigenvalue weighted by Gasteiger charge is -2.12. The fraction of sp³-hybridized carbons (Fsp3) is 0.350. The van der Waals surface area contributed by atoms with E-state index in [4.69, 9.17) is 5.73 Å². The molecule has 0 aliphatic rings. The molecule has 4 N–H and O–H groups in total. The molecule has 0 heterocycles. The van der Waals surface area contributed by atoms with Gasteiger partial charge in [-0.15, -0.1) is 0 Å². The van der Waals surface area contributed by atoms with Crippen molar-refractivity contribution in [2.75, 3.05) is 5.32 Å². The number of sulfonamides is 1. The van der Waals surface area contributed by atoms with Crippen molar-refractivity contribution in [3.8, 4) is 0 Å². The predicted molar refractivity (Wildman–Crippen MR) is 112 cm³/mol. The van der Waals surface area contributed by atoms with Crippen LogP contribution in [0, 0.1) is 0 Å². The van der Waals surface area contributed by atoms with Crippen molar-refractivity contribution < 1.29 is 8.42 Å². The summed E-state index contributed by atoms with van der Waals surface area (Å²) < 4.78 is 27.0. The summed E-state index contributed by atoms with van der Waals surface area (Å²) in [4.78, 5) is 4.36. The Hall–Kier alpha value is -2.38. The summed E-state index contributed by atoms with van der Waals surface area (Å²) in [5, 5.41) is 3.08. The zero-order chi connectivity index (χ0) is 19.9. The molecule has 2 aromatic carbocycles. The van der Waals surface area contributed by atoms with Crippen LogP contribution in [0.2, 0.25) is 0 Å². The minimum Gasteiger partial charge on any atom is -0.370 e. The Kier molecular flexibility index (Phi) is 7.38. The van der Waals surface area contributed by atoms with Gasteiger partial charge in [-0.3, -0.25) is 0 Å². The first-order valence-corrected chi connectivity index (χ1v) is 10.7. The van der Waals surface area contributed by atoms with E-state index in [-0.39, 0.29) is 11.8 Å². The highest BCUT2D eigenvalue weighted by atomic mass is 32.2. The van der Waals surface area contributed by atoms with Gasteiger partial charge in [-0.25, -0.2) is 18.1 Å². The average Bonchev–Trinajstić information content (AvgIpc) is 2.59. The van der Waals surface area contributed by atoms with E-state index in [0.29, 0.717) is 12.5 Å². The molecular weight excluding hydrogens is 360 g/mol. The molecule has 0 fully saturated rings. The van der Waals surface area contributed by atoms with E-state index in [9.17, 15) is 8.42 Å². The highest BCUT2D eigenvalue weighted by Crippen LogP contribution is 2.14. The molecule has 0 unspecified atom stereocenters. The Morgan fingerprint density at radius 3 is 2.48 bits per heavy atom. The Morgan fingerprint density at radius 2 is 1.81 bits per heavy atom. The molecule has 0 radical (unpaired) electrons. The van der Waals surface area contributed by atoms with Crippen LogP contribution in [0.25, 0.3) is 0 Å². The fourth-order valence-electron chi connectivity index (χ4n) is 2.68. The molecule has 0 amide bonds. The van der Waals surface area contributed by atoms with E-state index >= 15 is 0 Å². The van der Waals surface area contributed by atoms with Crippen LogP contribution < -0.4 is 15.8 Å². The molecule has 0 aliphatic heterocycles. The number of benzene rings is 2. The largest absolute Gasteiger partial charge is 0.370 e. The SMILES string of the molecule is CCc1cccc(NC(N)=NCc2ccccc2CS(=O)(=O)NC(C)C)c1. The third kappa shape index (κ3) is 7.03. The summed E-state index contributed by atoms with van der Waals surface area (Å²) >= 11 is 0. The molecule has 0 saturated heterocycles. The minimum absolute atomic E-state index is 0.0806. The van der Waals surface area contributed by atoms with Gasteiger partial charge in [-0.05, 0) is 49.1 Å². The third-order valence-corrected chi connectivity index (χ3v) is 5.43. The van der Waals surface area contributed by atoms with E-state index in [2.05, 4.69) is 28.0 Å². The van der Waals surface area contributed by atoms with Crippen molar-refractivity contribution in [2.45, 2.75) is 45.5 Å². The monoisotopic (exact) mass is 388 g/mol. The molecular formula is C20H28N4O2S.